The minimum Gasteiger partial charge on any atom is -0.466 e. The van der Waals surface area contributed by atoms with E-state index in [0.717, 1.165) is 116 Å². The number of esters is 5. The third-order valence-electron chi connectivity index (χ3n) is 9.68. The van der Waals surface area contributed by atoms with Crippen molar-refractivity contribution in [2.24, 2.45) is 0 Å². The fourth-order valence-corrected chi connectivity index (χ4v) is 6.16. The Morgan fingerprint density at radius 1 is 0.500 bits per heavy atom. The first-order chi connectivity index (χ1) is 26.7. The summed E-state index contributed by atoms with van der Waals surface area (Å²) in [6, 6.07) is 0. The third kappa shape index (κ3) is 36.6. The first-order valence-corrected chi connectivity index (χ1v) is 21.7. The van der Waals surface area contributed by atoms with E-state index in [-0.39, 0.29) is 55.6 Å². The molecule has 0 aromatic rings. The van der Waals surface area contributed by atoms with Gasteiger partial charge in [-0.1, -0.05) is 96.1 Å². The fourth-order valence-electron chi connectivity index (χ4n) is 6.16. The average molecular weight is 799 g/mol. The largest absolute Gasteiger partial charge is 0.466 e. The molecule has 12 heteroatoms. The van der Waals surface area contributed by atoms with Crippen molar-refractivity contribution >= 4 is 29.8 Å². The van der Waals surface area contributed by atoms with Crippen LogP contribution in [-0.2, 0) is 47.7 Å². The van der Waals surface area contributed by atoms with Gasteiger partial charge in [0, 0.05) is 26.7 Å². The molecule has 0 N–H and O–H groups in total. The second kappa shape index (κ2) is 34.1. The molecule has 12 nitrogen and oxygen atoms in total. The Balaban J connectivity index is 3.87. The van der Waals surface area contributed by atoms with Crippen molar-refractivity contribution in [1.82, 2.24) is 0 Å². The van der Waals surface area contributed by atoms with Crippen LogP contribution in [0.5, 0.6) is 0 Å². The molecule has 56 heavy (non-hydrogen) atoms. The van der Waals surface area contributed by atoms with Crippen molar-refractivity contribution in [2.45, 2.75) is 162 Å². The zero-order valence-electron chi connectivity index (χ0n) is 36.7. The Hall–Kier alpha value is -2.99. The van der Waals surface area contributed by atoms with Gasteiger partial charge in [0.05, 0.1) is 41.4 Å². The van der Waals surface area contributed by atoms with E-state index in [1.54, 1.807) is 0 Å². The predicted octanol–water partition coefficient (Wildman–Crippen LogP) is 8.03. The highest BCUT2D eigenvalue weighted by atomic mass is 16.6. The molecule has 0 bridgehead atoms. The lowest BCUT2D eigenvalue weighted by atomic mass is 10.1. The average Bonchev–Trinajstić information content (AvgIpc) is 3.10. The summed E-state index contributed by atoms with van der Waals surface area (Å²) in [5.41, 5.74) is 0. The highest BCUT2D eigenvalue weighted by molar-refractivity contribution is 5.71. The maximum atomic E-state index is 12.7. The van der Waals surface area contributed by atoms with E-state index in [1.165, 1.54) is 26.7 Å². The van der Waals surface area contributed by atoms with Crippen molar-refractivity contribution in [1.29, 1.82) is 0 Å². The molecule has 0 aromatic carbocycles. The minimum absolute atomic E-state index is 0.0902. The first kappa shape index (κ1) is 53.0. The van der Waals surface area contributed by atoms with Crippen LogP contribution >= 0.6 is 0 Å². The number of ether oxygens (including phenoxy) is 5. The smallest absolute Gasteiger partial charge is 0.362 e. The Labute approximate surface area is 340 Å². The topological polar surface area (TPSA) is 132 Å². The summed E-state index contributed by atoms with van der Waals surface area (Å²) in [5, 5.41) is 0. The van der Waals surface area contributed by atoms with Gasteiger partial charge in [0.25, 0.3) is 0 Å². The normalized spacial score (nSPS) is 12.3. The summed E-state index contributed by atoms with van der Waals surface area (Å²) >= 11 is 0. The van der Waals surface area contributed by atoms with Crippen LogP contribution in [0.4, 0.5) is 0 Å². The summed E-state index contributed by atoms with van der Waals surface area (Å²) in [6.45, 7) is 8.08. The number of unbranched alkanes of at least 4 members (excludes halogenated alkanes) is 15. The fraction of sp³-hybridized carbons (Fsp3) is 0.841. The lowest BCUT2D eigenvalue weighted by molar-refractivity contribution is -0.883. The van der Waals surface area contributed by atoms with Crippen molar-refractivity contribution in [3.05, 3.63) is 12.2 Å². The second-order valence-electron chi connectivity index (χ2n) is 16.6. The number of hydrogen-bond donors (Lipinski definition) is 0. The quantitative estimate of drug-likeness (QED) is 0.0200. The number of allylic oxidation sites excluding steroid dienone is 1. The molecule has 0 spiro atoms. The van der Waals surface area contributed by atoms with Crippen molar-refractivity contribution in [3.8, 4) is 0 Å². The summed E-state index contributed by atoms with van der Waals surface area (Å²) in [5.74, 6) is -1.15. The molecule has 0 aliphatic rings. The number of carbonyl (C=O) groups excluding carboxylic acids is 5. The van der Waals surface area contributed by atoms with Gasteiger partial charge in [0.15, 0.2) is 13.1 Å². The van der Waals surface area contributed by atoms with E-state index in [9.17, 15) is 24.0 Å². The van der Waals surface area contributed by atoms with Gasteiger partial charge >= 0.3 is 29.8 Å². The van der Waals surface area contributed by atoms with Crippen molar-refractivity contribution in [2.75, 3.05) is 80.8 Å². The van der Waals surface area contributed by atoms with Crippen LogP contribution in [0.3, 0.4) is 0 Å². The van der Waals surface area contributed by atoms with E-state index in [4.69, 9.17) is 23.7 Å². The summed E-state index contributed by atoms with van der Waals surface area (Å²) in [6.07, 6.45) is 25.5. The number of carbonyl (C=O) groups is 5. The monoisotopic (exact) mass is 799 g/mol. The lowest BCUT2D eigenvalue weighted by Gasteiger charge is -2.29. The van der Waals surface area contributed by atoms with E-state index in [1.807, 2.05) is 28.2 Å². The van der Waals surface area contributed by atoms with Crippen LogP contribution in [0.1, 0.15) is 156 Å². The standard InChI is InChI=1S/C44H82N2O10/c1-8-9-10-23-28-41(56-44(51)38-46(6,7)32-36-53-40(3)48)29-24-19-15-11-12-16-20-25-30-42(49)54-33-26-21-17-13-14-18-22-27-34-55-43(50)37-45(4,5)31-35-52-39(2)47/h19,24,41H,8-18,20-23,25-38H2,1-7H3/q+2/b24-19+. The van der Waals surface area contributed by atoms with Gasteiger partial charge in [-0.15, -0.1) is 0 Å². The van der Waals surface area contributed by atoms with Gasteiger partial charge in [0.2, 0.25) is 0 Å². The molecule has 1 atom stereocenters. The highest BCUT2D eigenvalue weighted by Gasteiger charge is 2.24. The molecule has 0 saturated carbocycles. The van der Waals surface area contributed by atoms with Crippen LogP contribution in [-0.4, -0.2) is 126 Å². The zero-order valence-corrected chi connectivity index (χ0v) is 36.7. The van der Waals surface area contributed by atoms with Crippen LogP contribution in [0.25, 0.3) is 0 Å². The van der Waals surface area contributed by atoms with E-state index in [2.05, 4.69) is 19.1 Å². The molecule has 0 aromatic heterocycles. The Bertz CT molecular complexity index is 1090. The number of nitrogens with zero attached hydrogens (tertiary/aromatic N) is 2. The lowest BCUT2D eigenvalue weighted by Crippen LogP contribution is -2.47. The van der Waals surface area contributed by atoms with E-state index >= 15 is 0 Å². The van der Waals surface area contributed by atoms with E-state index < -0.39 is 0 Å². The third-order valence-corrected chi connectivity index (χ3v) is 9.68. The van der Waals surface area contributed by atoms with Gasteiger partial charge < -0.3 is 32.7 Å². The molecule has 0 heterocycles. The van der Waals surface area contributed by atoms with Crippen LogP contribution in [0, 0.1) is 0 Å². The van der Waals surface area contributed by atoms with Gasteiger partial charge in [-0.3, -0.25) is 14.4 Å². The Kier molecular flexibility index (Phi) is 32.3. The van der Waals surface area contributed by atoms with Gasteiger partial charge in [0.1, 0.15) is 32.4 Å². The Morgan fingerprint density at radius 3 is 1.50 bits per heavy atom. The molecular formula is C44H82N2O10+2. The highest BCUT2D eigenvalue weighted by Crippen LogP contribution is 2.15. The van der Waals surface area contributed by atoms with Crippen LogP contribution in [0.15, 0.2) is 12.2 Å². The molecular weight excluding hydrogens is 716 g/mol. The SMILES string of the molecule is CCCCCCC(C/C=C/CCCCCCCC(=O)OCCCCCCCCCCOC(=O)C[N+](C)(C)CCOC(C)=O)OC(=O)C[N+](C)(C)CCOC(C)=O. The van der Waals surface area contributed by atoms with Gasteiger partial charge in [-0.2, -0.15) is 0 Å². The minimum atomic E-state index is -0.314. The van der Waals surface area contributed by atoms with Crippen molar-refractivity contribution in [3.63, 3.8) is 0 Å². The van der Waals surface area contributed by atoms with E-state index in [0.29, 0.717) is 48.3 Å². The molecule has 1 unspecified atom stereocenters. The molecule has 0 radical (unpaired) electrons. The number of likely N-dealkylation sites (N-methyl/N-ethyl adjacent to an activating group) is 2. The summed E-state index contributed by atoms with van der Waals surface area (Å²) in [4.78, 5) is 58.9. The molecule has 0 fully saturated rings. The molecule has 0 aliphatic carbocycles. The molecule has 0 saturated heterocycles. The maximum absolute atomic E-state index is 12.7. The number of rotatable bonds is 37. The summed E-state index contributed by atoms with van der Waals surface area (Å²) < 4.78 is 27.5. The van der Waals surface area contributed by atoms with Crippen molar-refractivity contribution < 1.29 is 56.6 Å². The molecule has 0 rings (SSSR count). The first-order valence-electron chi connectivity index (χ1n) is 21.7. The molecule has 0 aliphatic heterocycles. The van der Waals surface area contributed by atoms with Gasteiger partial charge in [-0.05, 0) is 44.9 Å². The molecule has 0 amide bonds. The number of quaternary nitrogens is 2. The predicted molar refractivity (Wildman–Crippen MR) is 221 cm³/mol. The van der Waals surface area contributed by atoms with Crippen LogP contribution < -0.4 is 0 Å². The zero-order chi connectivity index (χ0) is 41.9. The maximum Gasteiger partial charge on any atom is 0.362 e. The number of hydrogen-bond acceptors (Lipinski definition) is 10. The van der Waals surface area contributed by atoms with Gasteiger partial charge in [-0.25, -0.2) is 9.59 Å². The van der Waals surface area contributed by atoms with Crippen LogP contribution in [0.2, 0.25) is 0 Å². The molecule has 326 valence electrons. The Morgan fingerprint density at radius 2 is 0.964 bits per heavy atom. The summed E-state index contributed by atoms with van der Waals surface area (Å²) in [7, 11) is 7.72. The second-order valence-corrected chi connectivity index (χ2v) is 16.6.